The van der Waals surface area contributed by atoms with Crippen LogP contribution in [0.5, 0.6) is 0 Å². The van der Waals surface area contributed by atoms with Crippen molar-refractivity contribution in [2.75, 3.05) is 6.61 Å². The number of rotatable bonds is 10. The molecule has 122 valence electrons. The van der Waals surface area contributed by atoms with Crippen molar-refractivity contribution in [2.24, 2.45) is 0 Å². The highest BCUT2D eigenvalue weighted by Gasteiger charge is 2.09. The highest BCUT2D eigenvalue weighted by Crippen LogP contribution is 2.07. The van der Waals surface area contributed by atoms with Gasteiger partial charge in [-0.3, -0.25) is 9.59 Å². The van der Waals surface area contributed by atoms with E-state index in [2.05, 4.69) is 6.92 Å². The SMILES string of the molecule is CCCCCCOC(=O)CCC(=O)OCc1cccc(C)c1. The Morgan fingerprint density at radius 2 is 1.73 bits per heavy atom. The smallest absolute Gasteiger partial charge is 0.306 e. The van der Waals surface area contributed by atoms with E-state index in [4.69, 9.17) is 9.47 Å². The fraction of sp³-hybridized carbons (Fsp3) is 0.556. The number of aryl methyl sites for hydroxylation is 1. The number of unbranched alkanes of at least 4 members (excludes halogenated alkanes) is 3. The molecule has 0 saturated carbocycles. The van der Waals surface area contributed by atoms with Gasteiger partial charge in [-0.1, -0.05) is 56.0 Å². The van der Waals surface area contributed by atoms with E-state index >= 15 is 0 Å². The van der Waals surface area contributed by atoms with Gasteiger partial charge in [-0.2, -0.15) is 0 Å². The van der Waals surface area contributed by atoms with Crippen LogP contribution >= 0.6 is 0 Å². The molecule has 1 rings (SSSR count). The molecule has 1 aromatic rings. The largest absolute Gasteiger partial charge is 0.466 e. The van der Waals surface area contributed by atoms with Gasteiger partial charge in [0, 0.05) is 0 Å². The summed E-state index contributed by atoms with van der Waals surface area (Å²) in [6, 6.07) is 7.79. The molecule has 0 aliphatic carbocycles. The lowest BCUT2D eigenvalue weighted by Crippen LogP contribution is -2.11. The van der Waals surface area contributed by atoms with Gasteiger partial charge in [0.25, 0.3) is 0 Å². The Kier molecular flexibility index (Phi) is 8.96. The van der Waals surface area contributed by atoms with Crippen LogP contribution in [-0.2, 0) is 25.7 Å². The van der Waals surface area contributed by atoms with E-state index in [0.717, 1.165) is 36.8 Å². The summed E-state index contributed by atoms with van der Waals surface area (Å²) < 4.78 is 10.2. The molecule has 0 unspecified atom stereocenters. The predicted octanol–water partition coefficient (Wildman–Crippen LogP) is 3.94. The monoisotopic (exact) mass is 306 g/mol. The number of hydrogen-bond donors (Lipinski definition) is 0. The van der Waals surface area contributed by atoms with Gasteiger partial charge in [0.1, 0.15) is 6.61 Å². The van der Waals surface area contributed by atoms with Crippen LogP contribution in [0.4, 0.5) is 0 Å². The normalized spacial score (nSPS) is 10.3. The Morgan fingerprint density at radius 3 is 2.41 bits per heavy atom. The minimum Gasteiger partial charge on any atom is -0.466 e. The second-order valence-corrected chi connectivity index (χ2v) is 5.43. The fourth-order valence-corrected chi connectivity index (χ4v) is 2.03. The first-order chi connectivity index (χ1) is 10.6. The molecule has 0 amide bonds. The van der Waals surface area contributed by atoms with Gasteiger partial charge in [0.05, 0.1) is 19.4 Å². The number of ether oxygens (including phenoxy) is 2. The van der Waals surface area contributed by atoms with Gasteiger partial charge < -0.3 is 9.47 Å². The zero-order valence-electron chi connectivity index (χ0n) is 13.6. The zero-order chi connectivity index (χ0) is 16.2. The molecule has 4 nitrogen and oxygen atoms in total. The Morgan fingerprint density at radius 1 is 1.00 bits per heavy atom. The minimum atomic E-state index is -0.371. The van der Waals surface area contributed by atoms with Crippen molar-refractivity contribution in [1.82, 2.24) is 0 Å². The van der Waals surface area contributed by atoms with Crippen LogP contribution in [0.15, 0.2) is 24.3 Å². The van der Waals surface area contributed by atoms with E-state index < -0.39 is 0 Å². The Balaban J connectivity index is 2.11. The first-order valence-electron chi connectivity index (χ1n) is 7.98. The van der Waals surface area contributed by atoms with Crippen LogP contribution in [0.1, 0.15) is 56.6 Å². The highest BCUT2D eigenvalue weighted by molar-refractivity contribution is 5.77. The van der Waals surface area contributed by atoms with E-state index in [-0.39, 0.29) is 31.4 Å². The van der Waals surface area contributed by atoms with Crippen molar-refractivity contribution in [3.63, 3.8) is 0 Å². The number of benzene rings is 1. The third kappa shape index (κ3) is 8.45. The summed E-state index contributed by atoms with van der Waals surface area (Å²) >= 11 is 0. The Hall–Kier alpha value is -1.84. The molecule has 4 heteroatoms. The van der Waals surface area contributed by atoms with Crippen molar-refractivity contribution in [1.29, 1.82) is 0 Å². The lowest BCUT2D eigenvalue weighted by atomic mass is 10.1. The van der Waals surface area contributed by atoms with Crippen molar-refractivity contribution >= 4 is 11.9 Å². The average Bonchev–Trinajstić information content (AvgIpc) is 2.51. The molecule has 0 saturated heterocycles. The third-order valence-electron chi connectivity index (χ3n) is 3.28. The molecule has 0 aliphatic heterocycles. The van der Waals surface area contributed by atoms with E-state index in [0.29, 0.717) is 6.61 Å². The summed E-state index contributed by atoms with van der Waals surface area (Å²) in [5.74, 6) is -0.701. The first-order valence-corrected chi connectivity index (χ1v) is 7.98. The zero-order valence-corrected chi connectivity index (χ0v) is 13.6. The summed E-state index contributed by atoms with van der Waals surface area (Å²) in [5.41, 5.74) is 2.08. The van der Waals surface area contributed by atoms with Gasteiger partial charge in [0.15, 0.2) is 0 Å². The standard InChI is InChI=1S/C18H26O4/c1-3-4-5-6-12-21-17(19)10-11-18(20)22-14-16-9-7-8-15(2)13-16/h7-9,13H,3-6,10-12,14H2,1-2H3. The van der Waals surface area contributed by atoms with E-state index in [9.17, 15) is 9.59 Å². The predicted molar refractivity (Wildman–Crippen MR) is 85.3 cm³/mol. The maximum Gasteiger partial charge on any atom is 0.306 e. The van der Waals surface area contributed by atoms with E-state index in [1.807, 2.05) is 31.2 Å². The molecule has 0 radical (unpaired) electrons. The summed E-state index contributed by atoms with van der Waals surface area (Å²) in [6.07, 6.45) is 4.42. The molecule has 0 aliphatic rings. The van der Waals surface area contributed by atoms with Crippen LogP contribution in [-0.4, -0.2) is 18.5 Å². The molecular weight excluding hydrogens is 280 g/mol. The van der Waals surface area contributed by atoms with Crippen molar-refractivity contribution in [3.8, 4) is 0 Å². The molecule has 0 N–H and O–H groups in total. The van der Waals surface area contributed by atoms with Crippen LogP contribution in [0, 0.1) is 6.92 Å². The van der Waals surface area contributed by atoms with Crippen molar-refractivity contribution < 1.29 is 19.1 Å². The quantitative estimate of drug-likeness (QED) is 0.485. The summed E-state index contributed by atoms with van der Waals surface area (Å²) in [5, 5.41) is 0. The summed E-state index contributed by atoms with van der Waals surface area (Å²) in [4.78, 5) is 23.1. The molecular formula is C18H26O4. The van der Waals surface area contributed by atoms with Crippen LogP contribution in [0.2, 0.25) is 0 Å². The Bertz CT molecular complexity index is 468. The lowest BCUT2D eigenvalue weighted by Gasteiger charge is -2.06. The molecule has 0 heterocycles. The molecule has 0 aromatic heterocycles. The van der Waals surface area contributed by atoms with E-state index in [1.165, 1.54) is 0 Å². The van der Waals surface area contributed by atoms with Gasteiger partial charge in [0.2, 0.25) is 0 Å². The second-order valence-electron chi connectivity index (χ2n) is 5.43. The molecule has 0 spiro atoms. The summed E-state index contributed by atoms with van der Waals surface area (Å²) in [6.45, 7) is 4.81. The van der Waals surface area contributed by atoms with Gasteiger partial charge in [-0.15, -0.1) is 0 Å². The number of esters is 2. The second kappa shape index (κ2) is 10.8. The van der Waals surface area contributed by atoms with E-state index in [1.54, 1.807) is 0 Å². The number of hydrogen-bond acceptors (Lipinski definition) is 4. The van der Waals surface area contributed by atoms with Gasteiger partial charge in [-0.25, -0.2) is 0 Å². The topological polar surface area (TPSA) is 52.6 Å². The van der Waals surface area contributed by atoms with Crippen molar-refractivity contribution in [2.45, 2.75) is 59.0 Å². The fourth-order valence-electron chi connectivity index (χ4n) is 2.03. The third-order valence-corrected chi connectivity index (χ3v) is 3.28. The van der Waals surface area contributed by atoms with Crippen LogP contribution in [0.3, 0.4) is 0 Å². The first kappa shape index (κ1) is 18.2. The van der Waals surface area contributed by atoms with Crippen molar-refractivity contribution in [3.05, 3.63) is 35.4 Å². The lowest BCUT2D eigenvalue weighted by molar-refractivity contribution is -0.151. The van der Waals surface area contributed by atoms with Gasteiger partial charge in [-0.05, 0) is 18.9 Å². The minimum absolute atomic E-state index is 0.0691. The maximum absolute atomic E-state index is 11.6. The molecule has 0 atom stereocenters. The maximum atomic E-state index is 11.6. The molecule has 0 bridgehead atoms. The average molecular weight is 306 g/mol. The van der Waals surface area contributed by atoms with Crippen LogP contribution < -0.4 is 0 Å². The summed E-state index contributed by atoms with van der Waals surface area (Å²) in [7, 11) is 0. The van der Waals surface area contributed by atoms with Gasteiger partial charge >= 0.3 is 11.9 Å². The Labute approximate surface area is 132 Å². The number of carbonyl (C=O) groups excluding carboxylic acids is 2. The molecule has 22 heavy (non-hydrogen) atoms. The molecule has 0 fully saturated rings. The highest BCUT2D eigenvalue weighted by atomic mass is 16.5. The number of carbonyl (C=O) groups is 2. The van der Waals surface area contributed by atoms with Crippen LogP contribution in [0.25, 0.3) is 0 Å². The molecule has 1 aromatic carbocycles.